The molecule has 1 N–H and O–H groups in total. The van der Waals surface area contributed by atoms with Gasteiger partial charge in [0.2, 0.25) is 0 Å². The summed E-state index contributed by atoms with van der Waals surface area (Å²) in [6.07, 6.45) is 6.29. The number of allylic oxidation sites excluding steroid dienone is 3. The van der Waals surface area contributed by atoms with Gasteiger partial charge in [-0.05, 0) is 57.1 Å². The van der Waals surface area contributed by atoms with Gasteiger partial charge in [-0.25, -0.2) is 4.79 Å². The average molecular weight is 430 g/mol. The van der Waals surface area contributed by atoms with Crippen molar-refractivity contribution in [2.45, 2.75) is 63.9 Å². The Morgan fingerprint density at radius 3 is 2.63 bits per heavy atom. The summed E-state index contributed by atoms with van der Waals surface area (Å²) in [4.78, 5) is 26.0. The number of halogens is 1. The number of carbonyl (C=O) groups excluding carboxylic acids is 2. The molecule has 0 radical (unpaired) electrons. The molecule has 27 heavy (non-hydrogen) atoms. The van der Waals surface area contributed by atoms with Gasteiger partial charge < -0.3 is 10.1 Å². The van der Waals surface area contributed by atoms with Crippen LogP contribution in [0.25, 0.3) is 0 Å². The Labute approximate surface area is 168 Å². The van der Waals surface area contributed by atoms with E-state index >= 15 is 0 Å². The summed E-state index contributed by atoms with van der Waals surface area (Å²) in [5.74, 6) is -0.542. The molecule has 1 aromatic rings. The smallest absolute Gasteiger partial charge is 0.337 e. The molecule has 142 valence electrons. The summed E-state index contributed by atoms with van der Waals surface area (Å²) < 4.78 is 6.75. The minimum Gasteiger partial charge on any atom is -0.459 e. The zero-order valence-electron chi connectivity index (χ0n) is 15.5. The third-order valence-corrected chi connectivity index (χ3v) is 6.51. The number of ketones is 1. The van der Waals surface area contributed by atoms with Crippen LogP contribution in [0, 0.1) is 0 Å². The molecule has 1 heterocycles. The number of dihydropyridines is 1. The third kappa shape index (κ3) is 3.49. The number of esters is 1. The average Bonchev–Trinajstić information content (AvgIpc) is 3.14. The topological polar surface area (TPSA) is 55.4 Å². The zero-order chi connectivity index (χ0) is 19.0. The molecule has 0 aromatic heterocycles. The van der Waals surface area contributed by atoms with Crippen LogP contribution in [0.15, 0.2) is 51.3 Å². The molecule has 4 nitrogen and oxygen atoms in total. The van der Waals surface area contributed by atoms with E-state index in [4.69, 9.17) is 4.74 Å². The van der Waals surface area contributed by atoms with Crippen molar-refractivity contribution < 1.29 is 14.3 Å². The number of nitrogens with one attached hydrogen (secondary N) is 1. The largest absolute Gasteiger partial charge is 0.459 e. The number of rotatable bonds is 3. The fraction of sp³-hybridized carbons (Fsp3) is 0.455. The van der Waals surface area contributed by atoms with Crippen LogP contribution in [0.3, 0.4) is 0 Å². The molecule has 0 bridgehead atoms. The lowest BCUT2D eigenvalue weighted by molar-refractivity contribution is -0.144. The van der Waals surface area contributed by atoms with Crippen molar-refractivity contribution >= 4 is 27.7 Å². The standard InChI is InChI=1S/C22H24BrNO3/c1-13-19(22(26)27-14-7-2-3-8-14)20(15-9-4-5-10-16(15)23)21-17(24-13)11-6-12-18(21)25/h4-5,9-10,14,20,24H,2-3,6-8,11-12H2,1H3/t20-/m0/s1. The fourth-order valence-corrected chi connectivity index (χ4v) is 5.01. The number of hydrogen-bond acceptors (Lipinski definition) is 4. The predicted octanol–water partition coefficient (Wildman–Crippen LogP) is 4.90. The lowest BCUT2D eigenvalue weighted by Gasteiger charge is -2.34. The van der Waals surface area contributed by atoms with E-state index in [0.717, 1.165) is 65.5 Å². The monoisotopic (exact) mass is 429 g/mol. The highest BCUT2D eigenvalue weighted by atomic mass is 79.9. The highest BCUT2D eigenvalue weighted by molar-refractivity contribution is 9.10. The van der Waals surface area contributed by atoms with Crippen molar-refractivity contribution in [2.24, 2.45) is 0 Å². The van der Waals surface area contributed by atoms with E-state index < -0.39 is 0 Å². The van der Waals surface area contributed by atoms with Crippen molar-refractivity contribution in [1.29, 1.82) is 0 Å². The molecule has 1 aliphatic heterocycles. The summed E-state index contributed by atoms with van der Waals surface area (Å²) in [5.41, 5.74) is 4.01. The second-order valence-electron chi connectivity index (χ2n) is 7.60. The molecule has 1 fully saturated rings. The van der Waals surface area contributed by atoms with Crippen LogP contribution in [-0.2, 0) is 14.3 Å². The first-order valence-corrected chi connectivity index (χ1v) is 10.5. The molecule has 0 saturated heterocycles. The first-order valence-electron chi connectivity index (χ1n) is 9.75. The van der Waals surface area contributed by atoms with Gasteiger partial charge in [-0.1, -0.05) is 34.1 Å². The molecule has 1 atom stereocenters. The Kier molecular flexibility index (Phi) is 5.22. The molecule has 4 rings (SSSR count). The van der Waals surface area contributed by atoms with Crippen LogP contribution in [0.1, 0.15) is 63.4 Å². The molecule has 1 saturated carbocycles. The Morgan fingerprint density at radius 2 is 1.89 bits per heavy atom. The van der Waals surface area contributed by atoms with Crippen LogP contribution in [0.5, 0.6) is 0 Å². The fourth-order valence-electron chi connectivity index (χ4n) is 4.50. The lowest BCUT2D eigenvalue weighted by atomic mass is 9.75. The highest BCUT2D eigenvalue weighted by Gasteiger charge is 2.40. The minimum atomic E-state index is -0.376. The molecule has 0 amide bonds. The van der Waals surface area contributed by atoms with Crippen LogP contribution < -0.4 is 5.32 Å². The van der Waals surface area contributed by atoms with E-state index in [0.29, 0.717) is 12.0 Å². The number of hydrogen-bond donors (Lipinski definition) is 1. The summed E-state index contributed by atoms with van der Waals surface area (Å²) >= 11 is 3.62. The molecular formula is C22H24BrNO3. The quantitative estimate of drug-likeness (QED) is 0.693. The van der Waals surface area contributed by atoms with Gasteiger partial charge in [0.25, 0.3) is 0 Å². The van der Waals surface area contributed by atoms with Crippen LogP contribution in [0.4, 0.5) is 0 Å². The maximum absolute atomic E-state index is 13.2. The van der Waals surface area contributed by atoms with Gasteiger partial charge in [-0.2, -0.15) is 0 Å². The van der Waals surface area contributed by atoms with E-state index in [2.05, 4.69) is 21.2 Å². The van der Waals surface area contributed by atoms with Crippen molar-refractivity contribution in [1.82, 2.24) is 5.32 Å². The first-order chi connectivity index (χ1) is 13.1. The molecule has 5 heteroatoms. The number of Topliss-reactive ketones (excluding diaryl/α,β-unsaturated/α-hetero) is 1. The third-order valence-electron chi connectivity index (χ3n) is 5.79. The molecule has 0 spiro atoms. The van der Waals surface area contributed by atoms with Gasteiger partial charge in [0.1, 0.15) is 6.10 Å². The molecule has 3 aliphatic rings. The van der Waals surface area contributed by atoms with Gasteiger partial charge in [-0.3, -0.25) is 4.79 Å². The summed E-state index contributed by atoms with van der Waals surface area (Å²) in [7, 11) is 0. The summed E-state index contributed by atoms with van der Waals surface area (Å²) in [6, 6.07) is 7.84. The Bertz CT molecular complexity index is 849. The second kappa shape index (κ2) is 7.63. The van der Waals surface area contributed by atoms with E-state index in [1.165, 1.54) is 0 Å². The second-order valence-corrected chi connectivity index (χ2v) is 8.45. The van der Waals surface area contributed by atoms with Crippen molar-refractivity contribution in [3.63, 3.8) is 0 Å². The maximum Gasteiger partial charge on any atom is 0.337 e. The van der Waals surface area contributed by atoms with Crippen LogP contribution in [0.2, 0.25) is 0 Å². The van der Waals surface area contributed by atoms with E-state index in [9.17, 15) is 9.59 Å². The summed E-state index contributed by atoms with van der Waals surface area (Å²) in [6.45, 7) is 1.91. The molecule has 1 aromatic carbocycles. The van der Waals surface area contributed by atoms with Crippen molar-refractivity contribution in [3.8, 4) is 0 Å². The lowest BCUT2D eigenvalue weighted by Crippen LogP contribution is -2.35. The van der Waals surface area contributed by atoms with Gasteiger partial charge in [0, 0.05) is 33.8 Å². The predicted molar refractivity (Wildman–Crippen MR) is 107 cm³/mol. The first kappa shape index (κ1) is 18.5. The van der Waals surface area contributed by atoms with Crippen molar-refractivity contribution in [2.75, 3.05) is 0 Å². The van der Waals surface area contributed by atoms with Gasteiger partial charge >= 0.3 is 5.97 Å². The van der Waals surface area contributed by atoms with Gasteiger partial charge in [-0.15, -0.1) is 0 Å². The summed E-state index contributed by atoms with van der Waals surface area (Å²) in [5, 5.41) is 3.35. The zero-order valence-corrected chi connectivity index (χ0v) is 17.1. The molecular weight excluding hydrogens is 406 g/mol. The number of benzene rings is 1. The highest BCUT2D eigenvalue weighted by Crippen LogP contribution is 2.44. The number of carbonyl (C=O) groups is 2. The van der Waals surface area contributed by atoms with Gasteiger partial charge in [0.15, 0.2) is 5.78 Å². The molecule has 0 unspecified atom stereocenters. The van der Waals surface area contributed by atoms with E-state index in [1.807, 2.05) is 31.2 Å². The Hall–Kier alpha value is -1.88. The minimum absolute atomic E-state index is 0.00454. The van der Waals surface area contributed by atoms with Crippen molar-refractivity contribution in [3.05, 3.63) is 56.8 Å². The van der Waals surface area contributed by atoms with E-state index in [-0.39, 0.29) is 23.8 Å². The Balaban J connectivity index is 1.78. The van der Waals surface area contributed by atoms with Gasteiger partial charge in [0.05, 0.1) is 5.57 Å². The maximum atomic E-state index is 13.2. The van der Waals surface area contributed by atoms with Crippen LogP contribution >= 0.6 is 15.9 Å². The SMILES string of the molecule is CC1=C(C(=O)OC2CCCC2)[C@H](c2ccccc2Br)C2=C(CCCC2=O)N1. The van der Waals surface area contributed by atoms with Crippen LogP contribution in [-0.4, -0.2) is 17.9 Å². The Morgan fingerprint density at radius 1 is 1.15 bits per heavy atom. The van der Waals surface area contributed by atoms with E-state index in [1.54, 1.807) is 0 Å². The molecule has 2 aliphatic carbocycles. The normalized spacial score (nSPS) is 23.3. The number of ether oxygens (including phenoxy) is 1.